The van der Waals surface area contributed by atoms with E-state index in [1.54, 1.807) is 0 Å². The van der Waals surface area contributed by atoms with Crippen molar-refractivity contribution in [1.29, 1.82) is 0 Å². The molecule has 1 saturated heterocycles. The predicted octanol–water partition coefficient (Wildman–Crippen LogP) is 2.28. The first-order valence-corrected chi connectivity index (χ1v) is 9.14. The van der Waals surface area contributed by atoms with Crippen molar-refractivity contribution in [3.63, 3.8) is 0 Å². The van der Waals surface area contributed by atoms with Crippen LogP contribution in [0, 0.1) is 6.92 Å². The fraction of sp³-hybridized carbons (Fsp3) is 0.381. The van der Waals surface area contributed by atoms with Crippen LogP contribution in [0.3, 0.4) is 0 Å². The molecule has 2 aromatic rings. The van der Waals surface area contributed by atoms with Gasteiger partial charge in [-0.1, -0.05) is 48.0 Å². The maximum Gasteiger partial charge on any atom is 0.238 e. The predicted molar refractivity (Wildman–Crippen MR) is 104 cm³/mol. The molecule has 3 rings (SSSR count). The average Bonchev–Trinajstić information content (AvgIpc) is 2.66. The Balaban J connectivity index is 1.40. The van der Waals surface area contributed by atoms with Gasteiger partial charge in [-0.3, -0.25) is 14.6 Å². The van der Waals surface area contributed by atoms with E-state index in [2.05, 4.69) is 15.1 Å². The lowest BCUT2D eigenvalue weighted by Gasteiger charge is -2.35. The number of piperazine rings is 1. The molecule has 5 heteroatoms. The molecule has 0 saturated carbocycles. The van der Waals surface area contributed by atoms with Crippen molar-refractivity contribution < 1.29 is 9.90 Å². The van der Waals surface area contributed by atoms with E-state index in [0.717, 1.165) is 37.4 Å². The van der Waals surface area contributed by atoms with E-state index >= 15 is 0 Å². The maximum absolute atomic E-state index is 12.2. The monoisotopic (exact) mass is 353 g/mol. The Hall–Kier alpha value is -2.21. The summed E-state index contributed by atoms with van der Waals surface area (Å²) in [6.07, 6.45) is -0.465. The number of aliphatic hydroxyl groups is 1. The number of rotatable bonds is 6. The highest BCUT2D eigenvalue weighted by atomic mass is 16.3. The fourth-order valence-electron chi connectivity index (χ4n) is 3.20. The van der Waals surface area contributed by atoms with E-state index in [-0.39, 0.29) is 5.91 Å². The number of aliphatic hydroxyl groups excluding tert-OH is 1. The molecule has 2 aromatic carbocycles. The van der Waals surface area contributed by atoms with Gasteiger partial charge in [0, 0.05) is 38.4 Å². The Morgan fingerprint density at radius 2 is 1.62 bits per heavy atom. The molecule has 1 atom stereocenters. The van der Waals surface area contributed by atoms with Crippen molar-refractivity contribution in [2.45, 2.75) is 13.0 Å². The molecular weight excluding hydrogens is 326 g/mol. The van der Waals surface area contributed by atoms with Gasteiger partial charge in [-0.2, -0.15) is 0 Å². The summed E-state index contributed by atoms with van der Waals surface area (Å²) in [4.78, 5) is 16.6. The highest BCUT2D eigenvalue weighted by molar-refractivity contribution is 5.92. The molecule has 0 bridgehead atoms. The van der Waals surface area contributed by atoms with Crippen LogP contribution in [-0.2, 0) is 4.79 Å². The van der Waals surface area contributed by atoms with Gasteiger partial charge in [-0.25, -0.2) is 0 Å². The number of β-amino-alcohol motifs (C(OH)–C–C–N with tert-alkyl or cyclic N) is 1. The van der Waals surface area contributed by atoms with Crippen LogP contribution in [0.1, 0.15) is 17.2 Å². The first-order chi connectivity index (χ1) is 12.6. The van der Waals surface area contributed by atoms with E-state index in [1.807, 2.05) is 61.5 Å². The third-order valence-corrected chi connectivity index (χ3v) is 4.78. The summed E-state index contributed by atoms with van der Waals surface area (Å²) >= 11 is 0. The minimum Gasteiger partial charge on any atom is -0.387 e. The molecule has 0 aromatic heterocycles. The SMILES string of the molecule is Cc1ccc(NC(=O)CN2CCN(C[C@H](O)c3ccccc3)CC2)cc1. The molecular formula is C21H27N3O2. The van der Waals surface area contributed by atoms with Crippen LogP contribution in [0.15, 0.2) is 54.6 Å². The van der Waals surface area contributed by atoms with Gasteiger partial charge >= 0.3 is 0 Å². The van der Waals surface area contributed by atoms with Crippen molar-refractivity contribution in [3.8, 4) is 0 Å². The maximum atomic E-state index is 12.2. The van der Waals surface area contributed by atoms with Crippen molar-refractivity contribution in [3.05, 3.63) is 65.7 Å². The number of hydrogen-bond donors (Lipinski definition) is 2. The van der Waals surface area contributed by atoms with Gasteiger partial charge < -0.3 is 10.4 Å². The van der Waals surface area contributed by atoms with Gasteiger partial charge in [0.15, 0.2) is 0 Å². The Bertz CT molecular complexity index is 695. The highest BCUT2D eigenvalue weighted by Gasteiger charge is 2.21. The molecule has 1 fully saturated rings. The lowest BCUT2D eigenvalue weighted by Crippen LogP contribution is -2.49. The van der Waals surface area contributed by atoms with Crippen LogP contribution in [0.4, 0.5) is 5.69 Å². The van der Waals surface area contributed by atoms with Crippen LogP contribution in [-0.4, -0.2) is 60.1 Å². The Labute approximate surface area is 155 Å². The van der Waals surface area contributed by atoms with Crippen LogP contribution >= 0.6 is 0 Å². The number of nitrogens with one attached hydrogen (secondary N) is 1. The molecule has 5 nitrogen and oxygen atoms in total. The van der Waals surface area contributed by atoms with E-state index in [9.17, 15) is 9.90 Å². The number of carbonyl (C=O) groups excluding carboxylic acids is 1. The molecule has 2 N–H and O–H groups in total. The van der Waals surface area contributed by atoms with Gasteiger partial charge in [-0.15, -0.1) is 0 Å². The summed E-state index contributed by atoms with van der Waals surface area (Å²) in [6.45, 7) is 6.46. The lowest BCUT2D eigenvalue weighted by molar-refractivity contribution is -0.117. The smallest absolute Gasteiger partial charge is 0.238 e. The summed E-state index contributed by atoms with van der Waals surface area (Å²) in [6, 6.07) is 17.6. The van der Waals surface area contributed by atoms with Crippen LogP contribution in [0.25, 0.3) is 0 Å². The quantitative estimate of drug-likeness (QED) is 0.837. The molecule has 138 valence electrons. The molecule has 0 unspecified atom stereocenters. The number of nitrogens with zero attached hydrogens (tertiary/aromatic N) is 2. The zero-order chi connectivity index (χ0) is 18.4. The average molecular weight is 353 g/mol. The number of aryl methyl sites for hydroxylation is 1. The third-order valence-electron chi connectivity index (χ3n) is 4.78. The van der Waals surface area contributed by atoms with Gasteiger partial charge in [0.2, 0.25) is 5.91 Å². The summed E-state index contributed by atoms with van der Waals surface area (Å²) in [5.41, 5.74) is 2.97. The topological polar surface area (TPSA) is 55.8 Å². The molecule has 26 heavy (non-hydrogen) atoms. The van der Waals surface area contributed by atoms with E-state index < -0.39 is 6.10 Å². The molecule has 1 amide bonds. The minimum atomic E-state index is -0.465. The summed E-state index contributed by atoms with van der Waals surface area (Å²) in [7, 11) is 0. The van der Waals surface area contributed by atoms with E-state index in [4.69, 9.17) is 0 Å². The fourth-order valence-corrected chi connectivity index (χ4v) is 3.20. The van der Waals surface area contributed by atoms with Crippen LogP contribution in [0.5, 0.6) is 0 Å². The van der Waals surface area contributed by atoms with E-state index in [0.29, 0.717) is 13.1 Å². The standard InChI is InChI=1S/C21H27N3O2/c1-17-7-9-19(10-8-17)22-21(26)16-24-13-11-23(12-14-24)15-20(25)18-5-3-2-4-6-18/h2-10,20,25H,11-16H2,1H3,(H,22,26)/t20-/m0/s1. The normalized spacial score (nSPS) is 17.0. The first kappa shape index (κ1) is 18.6. The number of hydrogen-bond acceptors (Lipinski definition) is 4. The van der Waals surface area contributed by atoms with E-state index in [1.165, 1.54) is 5.56 Å². The number of carbonyl (C=O) groups is 1. The van der Waals surface area contributed by atoms with Gasteiger partial charge in [0.05, 0.1) is 12.6 Å². The Morgan fingerprint density at radius 3 is 2.27 bits per heavy atom. The number of amides is 1. The summed E-state index contributed by atoms with van der Waals surface area (Å²) < 4.78 is 0. The highest BCUT2D eigenvalue weighted by Crippen LogP contribution is 2.15. The molecule has 0 spiro atoms. The number of anilines is 1. The van der Waals surface area contributed by atoms with Gasteiger partial charge in [0.25, 0.3) is 0 Å². The van der Waals surface area contributed by atoms with Crippen molar-refractivity contribution >= 4 is 11.6 Å². The Kier molecular flexibility index (Phi) is 6.39. The molecule has 1 aliphatic heterocycles. The lowest BCUT2D eigenvalue weighted by atomic mass is 10.1. The zero-order valence-electron chi connectivity index (χ0n) is 15.3. The molecule has 1 heterocycles. The first-order valence-electron chi connectivity index (χ1n) is 9.14. The molecule has 0 radical (unpaired) electrons. The summed E-state index contributed by atoms with van der Waals surface area (Å²) in [5.74, 6) is 0.0200. The van der Waals surface area contributed by atoms with Gasteiger partial charge in [-0.05, 0) is 24.6 Å². The van der Waals surface area contributed by atoms with Crippen molar-refractivity contribution in [1.82, 2.24) is 9.80 Å². The second-order valence-electron chi connectivity index (χ2n) is 6.92. The molecule has 1 aliphatic rings. The molecule has 0 aliphatic carbocycles. The summed E-state index contributed by atoms with van der Waals surface area (Å²) in [5, 5.41) is 13.3. The van der Waals surface area contributed by atoms with Crippen molar-refractivity contribution in [2.75, 3.05) is 44.6 Å². The minimum absolute atomic E-state index is 0.0200. The zero-order valence-corrected chi connectivity index (χ0v) is 15.3. The van der Waals surface area contributed by atoms with Gasteiger partial charge in [0.1, 0.15) is 0 Å². The second kappa shape index (κ2) is 8.94. The van der Waals surface area contributed by atoms with Crippen molar-refractivity contribution in [2.24, 2.45) is 0 Å². The van der Waals surface area contributed by atoms with Crippen LogP contribution in [0.2, 0.25) is 0 Å². The second-order valence-corrected chi connectivity index (χ2v) is 6.92. The number of benzene rings is 2. The third kappa shape index (κ3) is 5.39. The van der Waals surface area contributed by atoms with Crippen LogP contribution < -0.4 is 5.32 Å². The largest absolute Gasteiger partial charge is 0.387 e. The Morgan fingerprint density at radius 1 is 1.00 bits per heavy atom.